The van der Waals surface area contributed by atoms with Crippen LogP contribution in [0.4, 0.5) is 0 Å². The van der Waals surface area contributed by atoms with Gasteiger partial charge >= 0.3 is 0 Å². The third-order valence-corrected chi connectivity index (χ3v) is 6.64. The topological polar surface area (TPSA) is 0 Å². The molecule has 0 unspecified atom stereocenters. The molecule has 0 heterocycles. The molecule has 0 aromatic carbocycles. The summed E-state index contributed by atoms with van der Waals surface area (Å²) in [4.78, 5) is 0. The lowest BCUT2D eigenvalue weighted by Gasteiger charge is -2.28. The monoisotopic (exact) mass is 330 g/mol. The maximum atomic E-state index is 2.53. The molecule has 0 heteroatoms. The predicted molar refractivity (Wildman–Crippen MR) is 108 cm³/mol. The maximum Gasteiger partial charge on any atom is -0.0233 e. The summed E-state index contributed by atoms with van der Waals surface area (Å²) in [5, 5.41) is 0. The number of hydrogen-bond donors (Lipinski definition) is 0. The minimum Gasteiger partial charge on any atom is -0.0914 e. The molecule has 0 spiro atoms. The fourth-order valence-electron chi connectivity index (χ4n) is 4.90. The number of allylic oxidation sites excluding steroid dienone is 4. The third kappa shape index (κ3) is 7.58. The Balaban J connectivity index is 1.52. The molecule has 24 heavy (non-hydrogen) atoms. The van der Waals surface area contributed by atoms with E-state index >= 15 is 0 Å². The SMILES string of the molecule is CC=CC1CCC(CC=CCC2CCC(CCCCC)CC2)CC1. The smallest absolute Gasteiger partial charge is 0.0233 e. The molecule has 2 saturated carbocycles. The summed E-state index contributed by atoms with van der Waals surface area (Å²) >= 11 is 0. The van der Waals surface area contributed by atoms with Crippen molar-refractivity contribution in [2.75, 3.05) is 0 Å². The Hall–Kier alpha value is -0.520. The average Bonchev–Trinajstić information content (AvgIpc) is 2.62. The van der Waals surface area contributed by atoms with Crippen LogP contribution in [0.15, 0.2) is 24.3 Å². The Labute approximate surface area is 152 Å². The number of unbranched alkanes of at least 4 members (excludes halogenated alkanes) is 2. The van der Waals surface area contributed by atoms with Crippen LogP contribution >= 0.6 is 0 Å². The van der Waals surface area contributed by atoms with Crippen LogP contribution in [-0.2, 0) is 0 Å². The van der Waals surface area contributed by atoms with E-state index in [4.69, 9.17) is 0 Å². The molecule has 0 atom stereocenters. The summed E-state index contributed by atoms with van der Waals surface area (Å²) in [5.41, 5.74) is 0. The van der Waals surface area contributed by atoms with E-state index < -0.39 is 0 Å². The summed E-state index contributed by atoms with van der Waals surface area (Å²) in [6, 6.07) is 0. The van der Waals surface area contributed by atoms with Crippen molar-refractivity contribution in [3.8, 4) is 0 Å². The van der Waals surface area contributed by atoms with Crippen molar-refractivity contribution in [3.63, 3.8) is 0 Å². The normalized spacial score (nSPS) is 31.9. The summed E-state index contributed by atoms with van der Waals surface area (Å²) in [6.07, 6.45) is 30.0. The van der Waals surface area contributed by atoms with E-state index in [9.17, 15) is 0 Å². The first kappa shape index (κ1) is 19.8. The lowest BCUT2D eigenvalue weighted by Crippen LogP contribution is -2.14. The fraction of sp³-hybridized carbons (Fsp3) is 0.833. The van der Waals surface area contributed by atoms with E-state index in [1.807, 2.05) is 0 Å². The molecule has 0 radical (unpaired) electrons. The second kappa shape index (κ2) is 11.9. The van der Waals surface area contributed by atoms with Crippen LogP contribution in [0.5, 0.6) is 0 Å². The molecule has 2 rings (SSSR count). The van der Waals surface area contributed by atoms with Crippen molar-refractivity contribution in [2.24, 2.45) is 23.7 Å². The van der Waals surface area contributed by atoms with E-state index in [1.165, 1.54) is 89.9 Å². The van der Waals surface area contributed by atoms with E-state index in [-0.39, 0.29) is 0 Å². The van der Waals surface area contributed by atoms with E-state index in [0.717, 1.165) is 23.7 Å². The van der Waals surface area contributed by atoms with Gasteiger partial charge in [0.15, 0.2) is 0 Å². The van der Waals surface area contributed by atoms with Gasteiger partial charge < -0.3 is 0 Å². The molecule has 138 valence electrons. The van der Waals surface area contributed by atoms with Gasteiger partial charge in [-0.25, -0.2) is 0 Å². The third-order valence-electron chi connectivity index (χ3n) is 6.64. The molecular weight excluding hydrogens is 288 g/mol. The minimum absolute atomic E-state index is 0.878. The van der Waals surface area contributed by atoms with Crippen molar-refractivity contribution in [1.82, 2.24) is 0 Å². The zero-order valence-electron chi connectivity index (χ0n) is 16.5. The zero-order valence-corrected chi connectivity index (χ0v) is 16.5. The Morgan fingerprint density at radius 2 is 1.25 bits per heavy atom. The molecule has 2 fully saturated rings. The van der Waals surface area contributed by atoms with Gasteiger partial charge in [-0.15, -0.1) is 0 Å². The molecule has 2 aliphatic carbocycles. The standard InChI is InChI=1S/C24H42/c1-3-5-6-10-22-17-19-24(20-18-22)12-8-7-11-23-15-13-21(9-4-2)14-16-23/h4,7-9,21-24H,3,5-6,10-20H2,1-2H3. The van der Waals surface area contributed by atoms with E-state index in [0.29, 0.717) is 0 Å². The zero-order chi connectivity index (χ0) is 17.0. The average molecular weight is 331 g/mol. The maximum absolute atomic E-state index is 2.53. The van der Waals surface area contributed by atoms with Crippen LogP contribution in [-0.4, -0.2) is 0 Å². The Kier molecular flexibility index (Phi) is 9.85. The van der Waals surface area contributed by atoms with Crippen molar-refractivity contribution < 1.29 is 0 Å². The second-order valence-electron chi connectivity index (χ2n) is 8.63. The van der Waals surface area contributed by atoms with Gasteiger partial charge in [0.25, 0.3) is 0 Å². The molecule has 0 aromatic rings. The van der Waals surface area contributed by atoms with Crippen LogP contribution in [0, 0.1) is 23.7 Å². The van der Waals surface area contributed by atoms with E-state index in [2.05, 4.69) is 38.2 Å². The van der Waals surface area contributed by atoms with Gasteiger partial charge in [-0.1, -0.05) is 69.8 Å². The number of hydrogen-bond acceptors (Lipinski definition) is 0. The van der Waals surface area contributed by atoms with Crippen molar-refractivity contribution >= 4 is 0 Å². The van der Waals surface area contributed by atoms with Crippen LogP contribution < -0.4 is 0 Å². The van der Waals surface area contributed by atoms with Crippen LogP contribution in [0.1, 0.15) is 104 Å². The van der Waals surface area contributed by atoms with Gasteiger partial charge in [-0.05, 0) is 82.0 Å². The minimum atomic E-state index is 0.878. The van der Waals surface area contributed by atoms with Crippen LogP contribution in [0.25, 0.3) is 0 Å². The van der Waals surface area contributed by atoms with Crippen molar-refractivity contribution in [1.29, 1.82) is 0 Å². The van der Waals surface area contributed by atoms with Crippen molar-refractivity contribution in [2.45, 2.75) is 104 Å². The van der Waals surface area contributed by atoms with Gasteiger partial charge in [-0.3, -0.25) is 0 Å². The molecule has 0 N–H and O–H groups in total. The Morgan fingerprint density at radius 1 is 0.708 bits per heavy atom. The van der Waals surface area contributed by atoms with Gasteiger partial charge in [-0.2, -0.15) is 0 Å². The van der Waals surface area contributed by atoms with Crippen molar-refractivity contribution in [3.05, 3.63) is 24.3 Å². The number of rotatable bonds is 9. The molecule has 0 nitrogen and oxygen atoms in total. The fourth-order valence-corrected chi connectivity index (χ4v) is 4.90. The lowest BCUT2D eigenvalue weighted by molar-refractivity contribution is 0.259. The summed E-state index contributed by atoms with van der Waals surface area (Å²) in [7, 11) is 0. The summed E-state index contributed by atoms with van der Waals surface area (Å²) in [5.74, 6) is 3.90. The quantitative estimate of drug-likeness (QED) is 0.296. The van der Waals surface area contributed by atoms with Gasteiger partial charge in [0.1, 0.15) is 0 Å². The highest BCUT2D eigenvalue weighted by Crippen LogP contribution is 2.34. The highest BCUT2D eigenvalue weighted by molar-refractivity contribution is 4.92. The molecular formula is C24H42. The lowest BCUT2D eigenvalue weighted by atomic mass is 9.78. The Bertz CT molecular complexity index is 348. The molecule has 0 bridgehead atoms. The molecule has 2 aliphatic rings. The summed E-state index contributed by atoms with van der Waals surface area (Å²) in [6.45, 7) is 4.48. The largest absolute Gasteiger partial charge is 0.0914 e. The predicted octanol–water partition coefficient (Wildman–Crippen LogP) is 8.09. The molecule has 0 saturated heterocycles. The Morgan fingerprint density at radius 3 is 1.79 bits per heavy atom. The molecule has 0 aliphatic heterocycles. The molecule has 0 aromatic heterocycles. The van der Waals surface area contributed by atoms with Crippen LogP contribution in [0.2, 0.25) is 0 Å². The first-order valence-corrected chi connectivity index (χ1v) is 11.1. The highest BCUT2D eigenvalue weighted by atomic mass is 14.3. The van der Waals surface area contributed by atoms with Gasteiger partial charge in [0.2, 0.25) is 0 Å². The van der Waals surface area contributed by atoms with E-state index in [1.54, 1.807) is 0 Å². The van der Waals surface area contributed by atoms with Crippen LogP contribution in [0.3, 0.4) is 0 Å². The first-order valence-electron chi connectivity index (χ1n) is 11.1. The molecule has 0 amide bonds. The first-order chi connectivity index (χ1) is 11.8. The van der Waals surface area contributed by atoms with Gasteiger partial charge in [0.05, 0.1) is 0 Å². The highest BCUT2D eigenvalue weighted by Gasteiger charge is 2.20. The van der Waals surface area contributed by atoms with Gasteiger partial charge in [0, 0.05) is 0 Å². The second-order valence-corrected chi connectivity index (χ2v) is 8.63. The summed E-state index contributed by atoms with van der Waals surface area (Å²) < 4.78 is 0.